The number of hydrogen-bond acceptors (Lipinski definition) is 4. The van der Waals surface area contributed by atoms with Crippen molar-refractivity contribution in [2.45, 2.75) is 13.0 Å². The quantitative estimate of drug-likeness (QED) is 0.807. The lowest BCUT2D eigenvalue weighted by Gasteiger charge is -2.25. The van der Waals surface area contributed by atoms with Crippen molar-refractivity contribution in [3.8, 4) is 11.5 Å². The van der Waals surface area contributed by atoms with Gasteiger partial charge in [-0.25, -0.2) is 0 Å². The van der Waals surface area contributed by atoms with Gasteiger partial charge in [-0.15, -0.1) is 11.3 Å². The average molecular weight is 329 g/mol. The van der Waals surface area contributed by atoms with E-state index in [2.05, 4.69) is 11.4 Å². The fourth-order valence-electron chi connectivity index (χ4n) is 2.66. The number of amides is 1. The number of carbonyl (C=O) groups is 1. The molecule has 5 heteroatoms. The number of ether oxygens (including phenoxy) is 2. The smallest absolute Gasteiger partial charge is 0.246 e. The van der Waals surface area contributed by atoms with E-state index in [0.717, 1.165) is 24.3 Å². The summed E-state index contributed by atoms with van der Waals surface area (Å²) >= 11 is 1.77. The second kappa shape index (κ2) is 6.87. The van der Waals surface area contributed by atoms with Gasteiger partial charge in [-0.3, -0.25) is 4.79 Å². The molecule has 0 saturated heterocycles. The number of nitrogens with zero attached hydrogens (tertiary/aromatic N) is 1. The monoisotopic (exact) mass is 329 g/mol. The number of methoxy groups -OCH3 is 2. The van der Waals surface area contributed by atoms with Crippen molar-refractivity contribution in [2.24, 2.45) is 0 Å². The van der Waals surface area contributed by atoms with Crippen LogP contribution in [0.2, 0.25) is 0 Å². The second-order valence-electron chi connectivity index (χ2n) is 5.32. The molecule has 0 fully saturated rings. The van der Waals surface area contributed by atoms with Gasteiger partial charge in [0, 0.05) is 35.7 Å². The van der Waals surface area contributed by atoms with Gasteiger partial charge in [0.2, 0.25) is 5.91 Å². The maximum atomic E-state index is 12.4. The van der Waals surface area contributed by atoms with Gasteiger partial charge < -0.3 is 14.4 Å². The van der Waals surface area contributed by atoms with Crippen LogP contribution in [0.1, 0.15) is 16.0 Å². The van der Waals surface area contributed by atoms with E-state index in [1.807, 2.05) is 23.1 Å². The molecule has 2 aromatic rings. The van der Waals surface area contributed by atoms with Crippen LogP contribution < -0.4 is 9.47 Å². The lowest BCUT2D eigenvalue weighted by Crippen LogP contribution is -2.34. The van der Waals surface area contributed by atoms with Crippen LogP contribution in [0.5, 0.6) is 11.5 Å². The normalized spacial score (nSPS) is 13.9. The molecule has 0 bridgehead atoms. The molecule has 120 valence electrons. The second-order valence-corrected chi connectivity index (χ2v) is 6.32. The Labute approximate surface area is 140 Å². The number of hydrogen-bond donors (Lipinski definition) is 0. The standard InChI is InChI=1S/C18H19NO3S/c1-21-15-5-3-13(16(11-15)22-2)4-6-18(20)19-9-7-17-14(12-19)8-10-23-17/h3-6,8,10-11H,7,9,12H2,1-2H3. The predicted octanol–water partition coefficient (Wildman–Crippen LogP) is 3.36. The third-order valence-corrected chi connectivity index (χ3v) is 4.99. The molecule has 1 aromatic carbocycles. The first kappa shape index (κ1) is 15.6. The Bertz CT molecular complexity index is 736. The highest BCUT2D eigenvalue weighted by Gasteiger charge is 2.19. The molecule has 2 heterocycles. The van der Waals surface area contributed by atoms with Crippen LogP contribution in [-0.2, 0) is 17.8 Å². The summed E-state index contributed by atoms with van der Waals surface area (Å²) in [5, 5.41) is 2.09. The highest BCUT2D eigenvalue weighted by atomic mass is 32.1. The first-order chi connectivity index (χ1) is 11.2. The molecule has 1 aliphatic rings. The lowest BCUT2D eigenvalue weighted by atomic mass is 10.1. The molecule has 1 aliphatic heterocycles. The van der Waals surface area contributed by atoms with E-state index in [9.17, 15) is 4.79 Å². The highest BCUT2D eigenvalue weighted by molar-refractivity contribution is 7.10. The summed E-state index contributed by atoms with van der Waals surface area (Å²) in [6, 6.07) is 7.65. The van der Waals surface area contributed by atoms with E-state index in [1.54, 1.807) is 37.7 Å². The summed E-state index contributed by atoms with van der Waals surface area (Å²) < 4.78 is 10.5. The fourth-order valence-corrected chi connectivity index (χ4v) is 3.55. The maximum Gasteiger partial charge on any atom is 0.246 e. The minimum absolute atomic E-state index is 0.0275. The number of fused-ring (bicyclic) bond motifs is 1. The zero-order valence-corrected chi connectivity index (χ0v) is 14.1. The van der Waals surface area contributed by atoms with Crippen LogP contribution >= 0.6 is 11.3 Å². The third kappa shape index (κ3) is 3.40. The first-order valence-electron chi connectivity index (χ1n) is 7.45. The Morgan fingerprint density at radius 3 is 2.91 bits per heavy atom. The molecular weight excluding hydrogens is 310 g/mol. The molecule has 3 rings (SSSR count). The summed E-state index contributed by atoms with van der Waals surface area (Å²) in [6.07, 6.45) is 4.35. The topological polar surface area (TPSA) is 38.8 Å². The minimum atomic E-state index is 0.0275. The van der Waals surface area contributed by atoms with Crippen molar-refractivity contribution in [3.63, 3.8) is 0 Å². The van der Waals surface area contributed by atoms with E-state index in [0.29, 0.717) is 12.3 Å². The van der Waals surface area contributed by atoms with Crippen LogP contribution in [0, 0.1) is 0 Å². The molecule has 0 spiro atoms. The summed E-state index contributed by atoms with van der Waals surface area (Å²) in [6.45, 7) is 1.47. The van der Waals surface area contributed by atoms with E-state index < -0.39 is 0 Å². The molecule has 23 heavy (non-hydrogen) atoms. The molecule has 0 atom stereocenters. The summed E-state index contributed by atoms with van der Waals surface area (Å²) in [5.41, 5.74) is 2.12. The minimum Gasteiger partial charge on any atom is -0.497 e. The number of carbonyl (C=O) groups excluding carboxylic acids is 1. The largest absolute Gasteiger partial charge is 0.497 e. The van der Waals surface area contributed by atoms with Gasteiger partial charge in [0.15, 0.2) is 0 Å². The summed E-state index contributed by atoms with van der Waals surface area (Å²) in [5.74, 6) is 1.44. The molecule has 1 amide bonds. The van der Waals surface area contributed by atoms with Crippen molar-refractivity contribution in [3.05, 3.63) is 51.7 Å². The zero-order valence-electron chi connectivity index (χ0n) is 13.2. The molecule has 0 unspecified atom stereocenters. The van der Waals surface area contributed by atoms with E-state index in [-0.39, 0.29) is 5.91 Å². The number of rotatable bonds is 4. The molecular formula is C18H19NO3S. The van der Waals surface area contributed by atoms with E-state index in [1.165, 1.54) is 10.4 Å². The van der Waals surface area contributed by atoms with Crippen LogP contribution in [-0.4, -0.2) is 31.6 Å². The molecule has 0 saturated carbocycles. The van der Waals surface area contributed by atoms with Crippen molar-refractivity contribution in [1.29, 1.82) is 0 Å². The van der Waals surface area contributed by atoms with Crippen molar-refractivity contribution >= 4 is 23.3 Å². The molecule has 1 aromatic heterocycles. The SMILES string of the molecule is COc1ccc(C=CC(=O)N2CCc3sccc3C2)c(OC)c1. The van der Waals surface area contributed by atoms with Gasteiger partial charge in [0.05, 0.1) is 14.2 Å². The Morgan fingerprint density at radius 2 is 2.13 bits per heavy atom. The number of thiophene rings is 1. The van der Waals surface area contributed by atoms with Crippen LogP contribution in [0.15, 0.2) is 35.7 Å². The average Bonchev–Trinajstić information content (AvgIpc) is 3.07. The molecule has 0 N–H and O–H groups in total. The highest BCUT2D eigenvalue weighted by Crippen LogP contribution is 2.26. The van der Waals surface area contributed by atoms with E-state index in [4.69, 9.17) is 9.47 Å². The maximum absolute atomic E-state index is 12.4. The Kier molecular flexibility index (Phi) is 4.67. The Balaban J connectivity index is 1.72. The van der Waals surface area contributed by atoms with Gasteiger partial charge in [-0.1, -0.05) is 0 Å². The fraction of sp³-hybridized carbons (Fsp3) is 0.278. The van der Waals surface area contributed by atoms with Gasteiger partial charge in [0.1, 0.15) is 11.5 Å². The van der Waals surface area contributed by atoms with E-state index >= 15 is 0 Å². The van der Waals surface area contributed by atoms with Crippen molar-refractivity contribution in [1.82, 2.24) is 4.90 Å². The summed E-state index contributed by atoms with van der Waals surface area (Å²) in [4.78, 5) is 15.7. The zero-order chi connectivity index (χ0) is 16.2. The molecule has 0 aliphatic carbocycles. The van der Waals surface area contributed by atoms with Crippen LogP contribution in [0.4, 0.5) is 0 Å². The molecule has 0 radical (unpaired) electrons. The summed E-state index contributed by atoms with van der Waals surface area (Å²) in [7, 11) is 3.22. The van der Waals surface area contributed by atoms with Gasteiger partial charge in [-0.05, 0) is 41.6 Å². The van der Waals surface area contributed by atoms with Gasteiger partial charge >= 0.3 is 0 Å². The number of benzene rings is 1. The Hall–Kier alpha value is -2.27. The van der Waals surface area contributed by atoms with Gasteiger partial charge in [-0.2, -0.15) is 0 Å². The molecule has 4 nitrogen and oxygen atoms in total. The van der Waals surface area contributed by atoms with Crippen molar-refractivity contribution in [2.75, 3.05) is 20.8 Å². The first-order valence-corrected chi connectivity index (χ1v) is 8.33. The predicted molar refractivity (Wildman–Crippen MR) is 92.0 cm³/mol. The third-order valence-electron chi connectivity index (χ3n) is 3.97. The van der Waals surface area contributed by atoms with Gasteiger partial charge in [0.25, 0.3) is 0 Å². The Morgan fingerprint density at radius 1 is 1.26 bits per heavy atom. The van der Waals surface area contributed by atoms with Crippen LogP contribution in [0.25, 0.3) is 6.08 Å². The van der Waals surface area contributed by atoms with Crippen molar-refractivity contribution < 1.29 is 14.3 Å². The lowest BCUT2D eigenvalue weighted by molar-refractivity contribution is -0.126. The van der Waals surface area contributed by atoms with Crippen LogP contribution in [0.3, 0.4) is 0 Å².